The van der Waals surface area contributed by atoms with Crippen molar-refractivity contribution in [3.8, 4) is 0 Å². The quantitative estimate of drug-likeness (QED) is 0.869. The first-order chi connectivity index (χ1) is 8.18. The molecule has 1 rings (SSSR count). The Bertz CT molecular complexity index is 372. The molecule has 1 aromatic heterocycles. The molecule has 0 aliphatic rings. The number of nitrogens with one attached hydrogen (secondary N) is 1. The summed E-state index contributed by atoms with van der Waals surface area (Å²) in [6, 6.07) is 3.74. The number of hydrogen-bond donors (Lipinski definition) is 1. The van der Waals surface area contributed by atoms with Crippen LogP contribution in [0.25, 0.3) is 0 Å². The third kappa shape index (κ3) is 5.89. The molecule has 102 valence electrons. The highest BCUT2D eigenvalue weighted by molar-refractivity contribution is 5.76. The molecular weight excluding hydrogens is 226 g/mol. The molecular formula is C15H25NO2. The first-order valence-electron chi connectivity index (χ1n) is 6.51. The van der Waals surface area contributed by atoms with E-state index in [0.29, 0.717) is 12.8 Å². The van der Waals surface area contributed by atoms with E-state index in [1.165, 1.54) is 0 Å². The van der Waals surface area contributed by atoms with Gasteiger partial charge in [-0.3, -0.25) is 4.79 Å². The van der Waals surface area contributed by atoms with Gasteiger partial charge >= 0.3 is 0 Å². The van der Waals surface area contributed by atoms with Crippen LogP contribution in [0.15, 0.2) is 22.8 Å². The van der Waals surface area contributed by atoms with Crippen LogP contribution >= 0.6 is 0 Å². The molecule has 0 aromatic carbocycles. The van der Waals surface area contributed by atoms with E-state index in [4.69, 9.17) is 4.42 Å². The number of rotatable bonds is 5. The van der Waals surface area contributed by atoms with Gasteiger partial charge in [-0.2, -0.15) is 0 Å². The van der Waals surface area contributed by atoms with Crippen LogP contribution < -0.4 is 5.32 Å². The van der Waals surface area contributed by atoms with Crippen LogP contribution in [0.4, 0.5) is 0 Å². The van der Waals surface area contributed by atoms with Gasteiger partial charge in [0.1, 0.15) is 5.76 Å². The molecule has 1 N–H and O–H groups in total. The van der Waals surface area contributed by atoms with Crippen molar-refractivity contribution in [2.45, 2.75) is 59.4 Å². The maximum Gasteiger partial charge on any atom is 0.220 e. The lowest BCUT2D eigenvalue weighted by Gasteiger charge is -2.33. The summed E-state index contributed by atoms with van der Waals surface area (Å²) in [7, 11) is 0. The zero-order valence-corrected chi connectivity index (χ0v) is 12.2. The summed E-state index contributed by atoms with van der Waals surface area (Å²) < 4.78 is 5.21. The maximum absolute atomic E-state index is 11.9. The van der Waals surface area contributed by atoms with E-state index in [1.54, 1.807) is 6.26 Å². The van der Waals surface area contributed by atoms with Crippen molar-refractivity contribution in [3.05, 3.63) is 24.2 Å². The minimum Gasteiger partial charge on any atom is -0.469 e. The molecule has 0 radical (unpaired) electrons. The number of furan rings is 1. The Balaban J connectivity index is 2.39. The predicted octanol–water partition coefficient (Wildman–Crippen LogP) is 3.54. The molecule has 0 saturated carbocycles. The van der Waals surface area contributed by atoms with E-state index >= 15 is 0 Å². The smallest absolute Gasteiger partial charge is 0.220 e. The van der Waals surface area contributed by atoms with Crippen LogP contribution in [0.5, 0.6) is 0 Å². The summed E-state index contributed by atoms with van der Waals surface area (Å²) >= 11 is 0. The molecule has 1 aromatic rings. The number of carbonyl (C=O) groups is 1. The lowest BCUT2D eigenvalue weighted by molar-refractivity contribution is -0.123. The van der Waals surface area contributed by atoms with Crippen molar-refractivity contribution in [2.75, 3.05) is 0 Å². The van der Waals surface area contributed by atoms with Crippen LogP contribution in [0.3, 0.4) is 0 Å². The summed E-state index contributed by atoms with van der Waals surface area (Å²) in [5, 5.41) is 3.09. The first kappa shape index (κ1) is 14.8. The third-order valence-corrected chi connectivity index (χ3v) is 2.63. The molecule has 0 atom stereocenters. The second kappa shape index (κ2) is 5.59. The van der Waals surface area contributed by atoms with E-state index in [-0.39, 0.29) is 16.9 Å². The molecule has 0 saturated heterocycles. The van der Waals surface area contributed by atoms with E-state index < -0.39 is 0 Å². The number of hydrogen-bond acceptors (Lipinski definition) is 2. The Kier molecular flexibility index (Phi) is 4.60. The van der Waals surface area contributed by atoms with Crippen molar-refractivity contribution >= 4 is 5.91 Å². The lowest BCUT2D eigenvalue weighted by atomic mass is 9.82. The van der Waals surface area contributed by atoms with Gasteiger partial charge in [-0.25, -0.2) is 0 Å². The first-order valence-corrected chi connectivity index (χ1v) is 6.51. The van der Waals surface area contributed by atoms with Gasteiger partial charge in [0.05, 0.1) is 6.26 Å². The highest BCUT2D eigenvalue weighted by Gasteiger charge is 2.26. The van der Waals surface area contributed by atoms with Gasteiger partial charge in [-0.15, -0.1) is 0 Å². The maximum atomic E-state index is 11.9. The van der Waals surface area contributed by atoms with E-state index in [1.807, 2.05) is 12.1 Å². The molecule has 0 spiro atoms. The standard InChI is InChI=1S/C15H25NO2/c1-14(2,3)11-15(4,5)16-13(17)9-8-12-7-6-10-18-12/h6-7,10H,8-9,11H2,1-5H3,(H,16,17). The van der Waals surface area contributed by atoms with Gasteiger partial charge in [-0.1, -0.05) is 20.8 Å². The Morgan fingerprint density at radius 1 is 1.28 bits per heavy atom. The summed E-state index contributed by atoms with van der Waals surface area (Å²) in [4.78, 5) is 11.9. The van der Waals surface area contributed by atoms with Gasteiger partial charge in [0, 0.05) is 18.4 Å². The zero-order chi connectivity index (χ0) is 13.8. The molecule has 0 unspecified atom stereocenters. The topological polar surface area (TPSA) is 42.2 Å². The van der Waals surface area contributed by atoms with Gasteiger partial charge in [0.25, 0.3) is 0 Å². The monoisotopic (exact) mass is 251 g/mol. The largest absolute Gasteiger partial charge is 0.469 e. The molecule has 0 bridgehead atoms. The zero-order valence-electron chi connectivity index (χ0n) is 12.2. The van der Waals surface area contributed by atoms with Crippen LogP contribution in [0.1, 0.15) is 53.2 Å². The predicted molar refractivity (Wildman–Crippen MR) is 73.3 cm³/mol. The van der Waals surface area contributed by atoms with Crippen LogP contribution in [0, 0.1) is 5.41 Å². The summed E-state index contributed by atoms with van der Waals surface area (Å²) in [6.45, 7) is 10.7. The fourth-order valence-electron chi connectivity index (χ4n) is 2.50. The Labute approximate surface area is 110 Å². The summed E-state index contributed by atoms with van der Waals surface area (Å²) in [5.74, 6) is 0.944. The van der Waals surface area contributed by atoms with Crippen molar-refractivity contribution in [1.29, 1.82) is 0 Å². The van der Waals surface area contributed by atoms with Crippen molar-refractivity contribution in [3.63, 3.8) is 0 Å². The summed E-state index contributed by atoms with van der Waals surface area (Å²) in [6.07, 6.45) is 3.72. The third-order valence-electron chi connectivity index (χ3n) is 2.63. The van der Waals surface area contributed by atoms with Gasteiger partial charge in [0.15, 0.2) is 0 Å². The van der Waals surface area contributed by atoms with Gasteiger partial charge < -0.3 is 9.73 Å². The van der Waals surface area contributed by atoms with Crippen LogP contribution in [-0.2, 0) is 11.2 Å². The van der Waals surface area contributed by atoms with Gasteiger partial charge in [-0.05, 0) is 37.8 Å². The fourth-order valence-corrected chi connectivity index (χ4v) is 2.50. The average Bonchev–Trinajstić information content (AvgIpc) is 2.61. The van der Waals surface area contributed by atoms with E-state index in [9.17, 15) is 4.79 Å². The molecule has 0 fully saturated rings. The highest BCUT2D eigenvalue weighted by Crippen LogP contribution is 2.26. The molecule has 3 nitrogen and oxygen atoms in total. The minimum atomic E-state index is -0.168. The molecule has 18 heavy (non-hydrogen) atoms. The summed E-state index contributed by atoms with van der Waals surface area (Å²) in [5.41, 5.74) is 0.0380. The highest BCUT2D eigenvalue weighted by atomic mass is 16.3. The normalized spacial score (nSPS) is 12.5. The average molecular weight is 251 g/mol. The number of aryl methyl sites for hydroxylation is 1. The molecule has 3 heteroatoms. The SMILES string of the molecule is CC(C)(C)CC(C)(C)NC(=O)CCc1ccco1. The van der Waals surface area contributed by atoms with Gasteiger partial charge in [0.2, 0.25) is 5.91 Å². The molecule has 1 heterocycles. The Hall–Kier alpha value is -1.25. The van der Waals surface area contributed by atoms with Crippen LogP contribution in [-0.4, -0.2) is 11.4 Å². The second-order valence-electron chi connectivity index (χ2n) is 6.75. The number of carbonyl (C=O) groups excluding carboxylic acids is 1. The molecule has 1 amide bonds. The van der Waals surface area contributed by atoms with Crippen molar-refractivity contribution in [1.82, 2.24) is 5.32 Å². The fraction of sp³-hybridized carbons (Fsp3) is 0.667. The lowest BCUT2D eigenvalue weighted by Crippen LogP contribution is -2.45. The van der Waals surface area contributed by atoms with Crippen LogP contribution in [0.2, 0.25) is 0 Å². The Morgan fingerprint density at radius 2 is 1.94 bits per heavy atom. The van der Waals surface area contributed by atoms with Crippen molar-refractivity contribution in [2.24, 2.45) is 5.41 Å². The second-order valence-corrected chi connectivity index (χ2v) is 6.75. The minimum absolute atomic E-state index is 0.0839. The molecule has 0 aliphatic heterocycles. The van der Waals surface area contributed by atoms with E-state index in [2.05, 4.69) is 39.9 Å². The van der Waals surface area contributed by atoms with E-state index in [0.717, 1.165) is 12.2 Å². The molecule has 0 aliphatic carbocycles. The van der Waals surface area contributed by atoms with Crippen molar-refractivity contribution < 1.29 is 9.21 Å². The Morgan fingerprint density at radius 3 is 2.44 bits per heavy atom. The number of amides is 1.